The van der Waals surface area contributed by atoms with Crippen LogP contribution in [0.15, 0.2) is 24.3 Å². The maximum atomic E-state index is 12.1. The molecule has 6 heteroatoms. The average Bonchev–Trinajstić information content (AvgIpc) is 2.35. The SMILES string of the molecule is Cc1ccccc1N(CC(=O)N[C@@H](C)C(C)C)S(C)(=O)=O. The number of amides is 1. The second-order valence-corrected chi connectivity index (χ2v) is 7.56. The van der Waals surface area contributed by atoms with E-state index in [1.165, 1.54) is 0 Å². The molecule has 0 bridgehead atoms. The van der Waals surface area contributed by atoms with Crippen molar-refractivity contribution in [2.45, 2.75) is 33.7 Å². The van der Waals surface area contributed by atoms with E-state index in [1.807, 2.05) is 39.8 Å². The molecule has 1 amide bonds. The first-order chi connectivity index (χ1) is 9.62. The zero-order valence-electron chi connectivity index (χ0n) is 13.3. The number of rotatable bonds is 6. The summed E-state index contributed by atoms with van der Waals surface area (Å²) < 4.78 is 25.1. The molecule has 1 atom stereocenters. The van der Waals surface area contributed by atoms with Crippen LogP contribution in [0.5, 0.6) is 0 Å². The lowest BCUT2D eigenvalue weighted by Gasteiger charge is -2.25. The highest BCUT2D eigenvalue weighted by atomic mass is 32.2. The van der Waals surface area contributed by atoms with Gasteiger partial charge in [0, 0.05) is 6.04 Å². The number of sulfonamides is 1. The van der Waals surface area contributed by atoms with Gasteiger partial charge >= 0.3 is 0 Å². The molecule has 0 aliphatic heterocycles. The molecule has 118 valence electrons. The number of carbonyl (C=O) groups excluding carboxylic acids is 1. The van der Waals surface area contributed by atoms with Crippen molar-refractivity contribution in [3.05, 3.63) is 29.8 Å². The Kier molecular flexibility index (Phi) is 5.78. The van der Waals surface area contributed by atoms with E-state index >= 15 is 0 Å². The Hall–Kier alpha value is -1.56. The van der Waals surface area contributed by atoms with Crippen LogP contribution >= 0.6 is 0 Å². The molecule has 0 aliphatic carbocycles. The third kappa shape index (κ3) is 5.04. The summed E-state index contributed by atoms with van der Waals surface area (Å²) in [7, 11) is -3.52. The Labute approximate surface area is 127 Å². The average molecular weight is 312 g/mol. The molecule has 0 heterocycles. The van der Waals surface area contributed by atoms with Crippen LogP contribution < -0.4 is 9.62 Å². The van der Waals surface area contributed by atoms with Gasteiger partial charge in [0.2, 0.25) is 15.9 Å². The van der Waals surface area contributed by atoms with Crippen LogP contribution in [-0.4, -0.2) is 33.2 Å². The van der Waals surface area contributed by atoms with E-state index in [0.29, 0.717) is 11.6 Å². The minimum atomic E-state index is -3.52. The summed E-state index contributed by atoms with van der Waals surface area (Å²) in [5.74, 6) is -0.0102. The lowest BCUT2D eigenvalue weighted by atomic mass is 10.1. The first kappa shape index (κ1) is 17.5. The molecule has 1 aromatic carbocycles. The lowest BCUT2D eigenvalue weighted by molar-refractivity contribution is -0.120. The molecule has 1 N–H and O–H groups in total. The van der Waals surface area contributed by atoms with Crippen LogP contribution in [0.4, 0.5) is 5.69 Å². The number of nitrogens with one attached hydrogen (secondary N) is 1. The summed E-state index contributed by atoms with van der Waals surface area (Å²) in [6, 6.07) is 7.11. The van der Waals surface area contributed by atoms with Crippen LogP contribution in [0.2, 0.25) is 0 Å². The first-order valence-corrected chi connectivity index (χ1v) is 8.80. The number of para-hydroxylation sites is 1. The lowest BCUT2D eigenvalue weighted by Crippen LogP contribution is -2.44. The Morgan fingerprint density at radius 1 is 1.24 bits per heavy atom. The molecule has 0 fully saturated rings. The fourth-order valence-electron chi connectivity index (χ4n) is 1.82. The topological polar surface area (TPSA) is 66.5 Å². The summed E-state index contributed by atoms with van der Waals surface area (Å²) in [6.07, 6.45) is 1.11. The molecular formula is C15H24N2O3S. The largest absolute Gasteiger partial charge is 0.352 e. The predicted molar refractivity (Wildman–Crippen MR) is 85.8 cm³/mol. The molecule has 1 aromatic rings. The smallest absolute Gasteiger partial charge is 0.240 e. The predicted octanol–water partition coefficient (Wildman–Crippen LogP) is 1.92. The van der Waals surface area contributed by atoms with Gasteiger partial charge in [-0.2, -0.15) is 0 Å². The van der Waals surface area contributed by atoms with Gasteiger partial charge in [-0.1, -0.05) is 32.0 Å². The minimum absolute atomic E-state index is 0.00391. The van der Waals surface area contributed by atoms with Crippen molar-refractivity contribution in [1.29, 1.82) is 0 Å². The van der Waals surface area contributed by atoms with E-state index in [2.05, 4.69) is 5.32 Å². The molecule has 0 aliphatic rings. The van der Waals surface area contributed by atoms with E-state index in [0.717, 1.165) is 16.1 Å². The monoisotopic (exact) mass is 312 g/mol. The molecule has 21 heavy (non-hydrogen) atoms. The van der Waals surface area contributed by atoms with E-state index in [-0.39, 0.29) is 18.5 Å². The zero-order chi connectivity index (χ0) is 16.2. The maximum absolute atomic E-state index is 12.1. The van der Waals surface area contributed by atoms with Crippen LogP contribution in [0.1, 0.15) is 26.3 Å². The van der Waals surface area contributed by atoms with Crippen molar-refractivity contribution in [2.75, 3.05) is 17.1 Å². The summed E-state index contributed by atoms with van der Waals surface area (Å²) in [5.41, 5.74) is 1.35. The summed E-state index contributed by atoms with van der Waals surface area (Å²) in [4.78, 5) is 12.1. The van der Waals surface area contributed by atoms with Gasteiger partial charge in [0.15, 0.2) is 0 Å². The number of hydrogen-bond acceptors (Lipinski definition) is 3. The van der Waals surface area contributed by atoms with Gasteiger partial charge in [0.05, 0.1) is 11.9 Å². The molecule has 5 nitrogen and oxygen atoms in total. The first-order valence-electron chi connectivity index (χ1n) is 6.95. The Morgan fingerprint density at radius 3 is 2.29 bits per heavy atom. The normalized spacial score (nSPS) is 13.0. The molecule has 1 rings (SSSR count). The molecule has 0 aromatic heterocycles. The van der Waals surface area contributed by atoms with Crippen molar-refractivity contribution in [1.82, 2.24) is 5.32 Å². The minimum Gasteiger partial charge on any atom is -0.352 e. The molecule has 0 radical (unpaired) electrons. The highest BCUT2D eigenvalue weighted by molar-refractivity contribution is 7.92. The van der Waals surface area contributed by atoms with Crippen molar-refractivity contribution in [3.63, 3.8) is 0 Å². The third-order valence-electron chi connectivity index (χ3n) is 3.46. The number of benzene rings is 1. The fraction of sp³-hybridized carbons (Fsp3) is 0.533. The second-order valence-electron chi connectivity index (χ2n) is 5.66. The van der Waals surface area contributed by atoms with Crippen LogP contribution in [0, 0.1) is 12.8 Å². The van der Waals surface area contributed by atoms with Crippen LogP contribution in [0.3, 0.4) is 0 Å². The van der Waals surface area contributed by atoms with E-state index < -0.39 is 10.0 Å². The van der Waals surface area contributed by atoms with E-state index in [1.54, 1.807) is 12.1 Å². The fourth-order valence-corrected chi connectivity index (χ4v) is 2.73. The highest BCUT2D eigenvalue weighted by Crippen LogP contribution is 2.21. The summed E-state index contributed by atoms with van der Waals surface area (Å²) in [6.45, 7) is 7.52. The Balaban J connectivity index is 2.97. The number of anilines is 1. The quantitative estimate of drug-likeness (QED) is 0.872. The van der Waals surface area contributed by atoms with E-state index in [4.69, 9.17) is 0 Å². The van der Waals surface area contributed by atoms with Gasteiger partial charge in [-0.3, -0.25) is 9.10 Å². The van der Waals surface area contributed by atoms with Crippen molar-refractivity contribution >= 4 is 21.6 Å². The molecule has 0 saturated carbocycles. The highest BCUT2D eigenvalue weighted by Gasteiger charge is 2.23. The maximum Gasteiger partial charge on any atom is 0.240 e. The zero-order valence-corrected chi connectivity index (χ0v) is 14.1. The Morgan fingerprint density at radius 2 is 1.81 bits per heavy atom. The Bertz CT molecular complexity index is 597. The van der Waals surface area contributed by atoms with Gasteiger partial charge in [0.25, 0.3) is 0 Å². The van der Waals surface area contributed by atoms with Crippen molar-refractivity contribution in [3.8, 4) is 0 Å². The van der Waals surface area contributed by atoms with Gasteiger partial charge in [-0.15, -0.1) is 0 Å². The second kappa shape index (κ2) is 6.93. The third-order valence-corrected chi connectivity index (χ3v) is 4.59. The number of nitrogens with zero attached hydrogens (tertiary/aromatic N) is 1. The van der Waals surface area contributed by atoms with Crippen molar-refractivity contribution < 1.29 is 13.2 Å². The molecule has 0 unspecified atom stereocenters. The number of hydrogen-bond donors (Lipinski definition) is 1. The number of carbonyl (C=O) groups is 1. The van der Waals surface area contributed by atoms with Gasteiger partial charge in [-0.05, 0) is 31.4 Å². The standard InChI is InChI=1S/C15H24N2O3S/c1-11(2)13(4)16-15(18)10-17(21(5,19)20)14-9-7-6-8-12(14)3/h6-9,11,13H,10H2,1-5H3,(H,16,18)/t13-/m0/s1. The van der Waals surface area contributed by atoms with Crippen LogP contribution in [-0.2, 0) is 14.8 Å². The van der Waals surface area contributed by atoms with Gasteiger partial charge < -0.3 is 5.32 Å². The van der Waals surface area contributed by atoms with E-state index in [9.17, 15) is 13.2 Å². The summed E-state index contributed by atoms with van der Waals surface area (Å²) >= 11 is 0. The molecule has 0 saturated heterocycles. The van der Waals surface area contributed by atoms with Gasteiger partial charge in [0.1, 0.15) is 6.54 Å². The van der Waals surface area contributed by atoms with Gasteiger partial charge in [-0.25, -0.2) is 8.42 Å². The molecule has 0 spiro atoms. The van der Waals surface area contributed by atoms with Crippen molar-refractivity contribution in [2.24, 2.45) is 5.92 Å². The van der Waals surface area contributed by atoms with Crippen LogP contribution in [0.25, 0.3) is 0 Å². The molecular weight excluding hydrogens is 288 g/mol. The summed E-state index contributed by atoms with van der Waals surface area (Å²) in [5, 5.41) is 2.83. The number of aryl methyl sites for hydroxylation is 1.